The van der Waals surface area contributed by atoms with Crippen LogP contribution in [0.1, 0.15) is 19.8 Å². The molecule has 0 aromatic carbocycles. The first-order valence-electron chi connectivity index (χ1n) is 6.62. The number of hydrogen-bond acceptors (Lipinski definition) is 5. The van der Waals surface area contributed by atoms with E-state index in [0.717, 1.165) is 49.5 Å². The zero-order valence-electron chi connectivity index (χ0n) is 11.4. The van der Waals surface area contributed by atoms with Gasteiger partial charge in [-0.25, -0.2) is 9.97 Å². The topological polar surface area (TPSA) is 64.9 Å². The summed E-state index contributed by atoms with van der Waals surface area (Å²) in [6, 6.07) is 0. The van der Waals surface area contributed by atoms with E-state index in [4.69, 9.17) is 4.74 Å². The van der Waals surface area contributed by atoms with Crippen LogP contribution in [0.15, 0.2) is 12.5 Å². The molecule has 1 saturated heterocycles. The number of aromatic nitrogens is 4. The largest absolute Gasteiger partial charge is 0.381 e. The summed E-state index contributed by atoms with van der Waals surface area (Å²) in [4.78, 5) is 8.57. The minimum Gasteiger partial charge on any atom is -0.381 e. The summed E-state index contributed by atoms with van der Waals surface area (Å²) in [5.41, 5.74) is 1.13. The molecule has 0 aliphatic carbocycles. The molecule has 1 fully saturated rings. The van der Waals surface area contributed by atoms with Gasteiger partial charge < -0.3 is 10.1 Å². The van der Waals surface area contributed by atoms with Crippen molar-refractivity contribution in [3.63, 3.8) is 0 Å². The average molecular weight is 261 g/mol. The molecule has 6 nitrogen and oxygen atoms in total. The Morgan fingerprint density at radius 1 is 1.37 bits per heavy atom. The standard InChI is InChI=1S/C13H19N5O/c1-13(3-5-19-6-4-13)8-14-11-10-7-17-18(2)12(10)16-9-15-11/h7,9H,3-6,8H2,1-2H3,(H,14,15,16). The van der Waals surface area contributed by atoms with E-state index in [1.165, 1.54) is 0 Å². The van der Waals surface area contributed by atoms with Crippen LogP contribution in [0.25, 0.3) is 11.0 Å². The van der Waals surface area contributed by atoms with Gasteiger partial charge in [0.15, 0.2) is 5.65 Å². The SMILES string of the molecule is Cn1ncc2c(NCC3(C)CCOCC3)ncnc21. The Bertz CT molecular complexity index is 573. The lowest BCUT2D eigenvalue weighted by atomic mass is 9.82. The van der Waals surface area contributed by atoms with Crippen LogP contribution in [0.3, 0.4) is 0 Å². The summed E-state index contributed by atoms with van der Waals surface area (Å²) in [5.74, 6) is 0.866. The van der Waals surface area contributed by atoms with Gasteiger partial charge >= 0.3 is 0 Å². The van der Waals surface area contributed by atoms with Crippen molar-refractivity contribution in [1.29, 1.82) is 0 Å². The quantitative estimate of drug-likeness (QED) is 0.909. The van der Waals surface area contributed by atoms with Gasteiger partial charge in [-0.2, -0.15) is 5.10 Å². The third kappa shape index (κ3) is 2.40. The minimum atomic E-state index is 0.276. The molecule has 6 heteroatoms. The van der Waals surface area contributed by atoms with Crippen LogP contribution in [0.4, 0.5) is 5.82 Å². The molecule has 0 atom stereocenters. The van der Waals surface area contributed by atoms with Crippen molar-refractivity contribution < 1.29 is 4.74 Å². The second kappa shape index (κ2) is 4.77. The molecule has 1 N–H and O–H groups in total. The molecular formula is C13H19N5O. The highest BCUT2D eigenvalue weighted by Gasteiger charge is 2.27. The molecule has 0 radical (unpaired) electrons. The van der Waals surface area contributed by atoms with Gasteiger partial charge in [-0.05, 0) is 18.3 Å². The average Bonchev–Trinajstić information content (AvgIpc) is 2.80. The van der Waals surface area contributed by atoms with E-state index in [9.17, 15) is 0 Å². The Labute approximate surface area is 112 Å². The molecule has 1 aliphatic heterocycles. The number of ether oxygens (including phenoxy) is 1. The molecule has 0 saturated carbocycles. The van der Waals surface area contributed by atoms with Crippen molar-refractivity contribution in [2.75, 3.05) is 25.1 Å². The maximum Gasteiger partial charge on any atom is 0.163 e. The maximum atomic E-state index is 5.42. The van der Waals surface area contributed by atoms with E-state index in [-0.39, 0.29) is 5.41 Å². The van der Waals surface area contributed by atoms with Crippen molar-refractivity contribution in [2.24, 2.45) is 12.5 Å². The van der Waals surface area contributed by atoms with Gasteiger partial charge in [-0.1, -0.05) is 6.92 Å². The zero-order chi connectivity index (χ0) is 13.3. The molecule has 0 amide bonds. The van der Waals surface area contributed by atoms with Crippen LogP contribution in [0.2, 0.25) is 0 Å². The van der Waals surface area contributed by atoms with Crippen LogP contribution in [0.5, 0.6) is 0 Å². The van der Waals surface area contributed by atoms with Gasteiger partial charge in [0.2, 0.25) is 0 Å². The Hall–Kier alpha value is -1.69. The van der Waals surface area contributed by atoms with Crippen molar-refractivity contribution in [1.82, 2.24) is 19.7 Å². The van der Waals surface area contributed by atoms with Gasteiger partial charge in [-0.3, -0.25) is 4.68 Å². The molecule has 1 aliphatic rings. The predicted molar refractivity (Wildman–Crippen MR) is 73.0 cm³/mol. The normalized spacial score (nSPS) is 18.6. The van der Waals surface area contributed by atoms with Crippen LogP contribution < -0.4 is 5.32 Å². The van der Waals surface area contributed by atoms with E-state index in [1.54, 1.807) is 11.0 Å². The van der Waals surface area contributed by atoms with Crippen molar-refractivity contribution in [3.05, 3.63) is 12.5 Å². The first kappa shape index (κ1) is 12.3. The maximum absolute atomic E-state index is 5.42. The summed E-state index contributed by atoms with van der Waals surface area (Å²) in [5, 5.41) is 8.65. The number of fused-ring (bicyclic) bond motifs is 1. The molecule has 102 valence electrons. The second-order valence-electron chi connectivity index (χ2n) is 5.50. The summed E-state index contributed by atoms with van der Waals surface area (Å²) in [6.45, 7) is 4.90. The van der Waals surface area contributed by atoms with Gasteiger partial charge in [0.1, 0.15) is 12.1 Å². The first-order valence-corrected chi connectivity index (χ1v) is 6.62. The summed E-state index contributed by atoms with van der Waals surface area (Å²) < 4.78 is 7.19. The second-order valence-corrected chi connectivity index (χ2v) is 5.50. The Balaban J connectivity index is 1.78. The van der Waals surface area contributed by atoms with Gasteiger partial charge in [-0.15, -0.1) is 0 Å². The summed E-state index contributed by atoms with van der Waals surface area (Å²) >= 11 is 0. The Morgan fingerprint density at radius 2 is 2.16 bits per heavy atom. The van der Waals surface area contributed by atoms with E-state index in [2.05, 4.69) is 27.3 Å². The Kier molecular flexibility index (Phi) is 3.10. The third-order valence-electron chi connectivity index (χ3n) is 3.91. The molecule has 0 bridgehead atoms. The fourth-order valence-corrected chi connectivity index (χ4v) is 2.44. The predicted octanol–water partition coefficient (Wildman–Crippen LogP) is 1.59. The third-order valence-corrected chi connectivity index (χ3v) is 3.91. The number of hydrogen-bond donors (Lipinski definition) is 1. The number of nitrogens with zero attached hydrogens (tertiary/aromatic N) is 4. The van der Waals surface area contributed by atoms with E-state index in [1.807, 2.05) is 13.2 Å². The molecule has 0 spiro atoms. The molecule has 19 heavy (non-hydrogen) atoms. The zero-order valence-corrected chi connectivity index (χ0v) is 11.4. The van der Waals surface area contributed by atoms with Crippen molar-refractivity contribution in [3.8, 4) is 0 Å². The lowest BCUT2D eigenvalue weighted by Crippen LogP contribution is -2.33. The van der Waals surface area contributed by atoms with E-state index in [0.29, 0.717) is 0 Å². The highest BCUT2D eigenvalue weighted by atomic mass is 16.5. The molecule has 3 rings (SSSR count). The molecular weight excluding hydrogens is 242 g/mol. The van der Waals surface area contributed by atoms with Gasteiger partial charge in [0.25, 0.3) is 0 Å². The molecule has 2 aromatic heterocycles. The smallest absolute Gasteiger partial charge is 0.163 e. The van der Waals surface area contributed by atoms with Gasteiger partial charge in [0.05, 0.1) is 11.6 Å². The number of nitrogens with one attached hydrogen (secondary N) is 1. The van der Waals surface area contributed by atoms with E-state index >= 15 is 0 Å². The van der Waals surface area contributed by atoms with E-state index < -0.39 is 0 Å². The molecule has 3 heterocycles. The highest BCUT2D eigenvalue weighted by Crippen LogP contribution is 2.30. The lowest BCUT2D eigenvalue weighted by Gasteiger charge is -2.33. The first-order chi connectivity index (χ1) is 9.18. The number of rotatable bonds is 3. The lowest BCUT2D eigenvalue weighted by molar-refractivity contribution is 0.0300. The highest BCUT2D eigenvalue weighted by molar-refractivity contribution is 5.85. The molecule has 0 unspecified atom stereocenters. The van der Waals surface area contributed by atoms with Crippen LogP contribution in [-0.2, 0) is 11.8 Å². The monoisotopic (exact) mass is 261 g/mol. The van der Waals surface area contributed by atoms with Gasteiger partial charge in [0, 0.05) is 26.8 Å². The van der Waals surface area contributed by atoms with Crippen LogP contribution in [0, 0.1) is 5.41 Å². The number of anilines is 1. The van der Waals surface area contributed by atoms with Crippen LogP contribution >= 0.6 is 0 Å². The number of aryl methyl sites for hydroxylation is 1. The fourth-order valence-electron chi connectivity index (χ4n) is 2.44. The fraction of sp³-hybridized carbons (Fsp3) is 0.615. The minimum absolute atomic E-state index is 0.276. The summed E-state index contributed by atoms with van der Waals surface area (Å²) in [7, 11) is 1.89. The van der Waals surface area contributed by atoms with Crippen LogP contribution in [-0.4, -0.2) is 39.5 Å². The summed E-state index contributed by atoms with van der Waals surface area (Å²) in [6.07, 6.45) is 5.56. The van der Waals surface area contributed by atoms with Crippen molar-refractivity contribution in [2.45, 2.75) is 19.8 Å². The molecule has 2 aromatic rings. The van der Waals surface area contributed by atoms with Crippen molar-refractivity contribution >= 4 is 16.9 Å². The Morgan fingerprint density at radius 3 is 2.95 bits per heavy atom.